The van der Waals surface area contributed by atoms with E-state index in [1.54, 1.807) is 6.20 Å². The Balaban J connectivity index is 2.10. The highest BCUT2D eigenvalue weighted by Gasteiger charge is 2.17. The highest BCUT2D eigenvalue weighted by molar-refractivity contribution is 7.91. The fourth-order valence-electron chi connectivity index (χ4n) is 1.24. The maximum absolute atomic E-state index is 11.9. The molecule has 0 aromatic carbocycles. The van der Waals surface area contributed by atoms with Gasteiger partial charge in [-0.25, -0.2) is 18.1 Å². The summed E-state index contributed by atoms with van der Waals surface area (Å²) in [7, 11) is -3.55. The van der Waals surface area contributed by atoms with Crippen molar-refractivity contribution in [3.63, 3.8) is 0 Å². The first-order valence-corrected chi connectivity index (χ1v) is 8.04. The van der Waals surface area contributed by atoms with E-state index in [4.69, 9.17) is 5.26 Å². The van der Waals surface area contributed by atoms with E-state index < -0.39 is 10.0 Å². The monoisotopic (exact) mass is 299 g/mol. The first kappa shape index (κ1) is 13.2. The Morgan fingerprint density at radius 1 is 1.44 bits per heavy atom. The van der Waals surface area contributed by atoms with E-state index in [1.807, 2.05) is 13.0 Å². The SMILES string of the molecule is Cc1cnc(CNS(=O)(=O)c2ccc(C#N)s2)s1. The maximum Gasteiger partial charge on any atom is 0.250 e. The minimum atomic E-state index is -3.55. The van der Waals surface area contributed by atoms with Crippen molar-refractivity contribution in [1.82, 2.24) is 9.71 Å². The molecule has 8 heteroatoms. The fourth-order valence-corrected chi connectivity index (χ4v) is 4.19. The predicted molar refractivity (Wildman–Crippen MR) is 69.9 cm³/mol. The van der Waals surface area contributed by atoms with Crippen molar-refractivity contribution in [1.29, 1.82) is 5.26 Å². The minimum Gasteiger partial charge on any atom is -0.248 e. The summed E-state index contributed by atoms with van der Waals surface area (Å²) in [5.41, 5.74) is 0. The van der Waals surface area contributed by atoms with Gasteiger partial charge in [0, 0.05) is 11.1 Å². The average Bonchev–Trinajstić information content (AvgIpc) is 2.95. The first-order chi connectivity index (χ1) is 8.51. The van der Waals surface area contributed by atoms with E-state index in [9.17, 15) is 8.42 Å². The number of thiazole rings is 1. The molecular formula is C10H9N3O2S3. The Bertz CT molecular complexity index is 694. The summed E-state index contributed by atoms with van der Waals surface area (Å²) in [5.74, 6) is 0. The van der Waals surface area contributed by atoms with Crippen LogP contribution in [0.1, 0.15) is 14.8 Å². The van der Waals surface area contributed by atoms with E-state index in [0.29, 0.717) is 9.88 Å². The smallest absolute Gasteiger partial charge is 0.248 e. The van der Waals surface area contributed by atoms with Gasteiger partial charge < -0.3 is 0 Å². The van der Waals surface area contributed by atoms with Crippen molar-refractivity contribution < 1.29 is 8.42 Å². The van der Waals surface area contributed by atoms with Crippen LogP contribution in [0.3, 0.4) is 0 Å². The first-order valence-electron chi connectivity index (χ1n) is 4.92. The van der Waals surface area contributed by atoms with Crippen LogP contribution in [0.15, 0.2) is 22.5 Å². The Hall–Kier alpha value is -1.27. The number of nitrogens with one attached hydrogen (secondary N) is 1. The van der Waals surface area contributed by atoms with Gasteiger partial charge in [-0.05, 0) is 19.1 Å². The molecule has 0 radical (unpaired) electrons. The normalized spacial score (nSPS) is 11.3. The van der Waals surface area contributed by atoms with Gasteiger partial charge in [0.15, 0.2) is 0 Å². The molecule has 5 nitrogen and oxygen atoms in total. The lowest BCUT2D eigenvalue weighted by molar-refractivity contribution is 0.583. The third-order valence-corrected chi connectivity index (χ3v) is 5.83. The Morgan fingerprint density at radius 2 is 2.22 bits per heavy atom. The van der Waals surface area contributed by atoms with Crippen molar-refractivity contribution in [3.05, 3.63) is 33.1 Å². The van der Waals surface area contributed by atoms with Crippen LogP contribution in [-0.2, 0) is 16.6 Å². The second-order valence-electron chi connectivity index (χ2n) is 3.42. The van der Waals surface area contributed by atoms with E-state index in [2.05, 4.69) is 9.71 Å². The highest BCUT2D eigenvalue weighted by atomic mass is 32.2. The van der Waals surface area contributed by atoms with E-state index in [1.165, 1.54) is 23.5 Å². The summed E-state index contributed by atoms with van der Waals surface area (Å²) in [6, 6.07) is 4.83. The maximum atomic E-state index is 11.9. The van der Waals surface area contributed by atoms with Gasteiger partial charge in [0.2, 0.25) is 10.0 Å². The van der Waals surface area contributed by atoms with Gasteiger partial charge >= 0.3 is 0 Å². The topological polar surface area (TPSA) is 82.8 Å². The van der Waals surface area contributed by atoms with E-state index >= 15 is 0 Å². The molecule has 0 bridgehead atoms. The molecular weight excluding hydrogens is 290 g/mol. The molecule has 0 saturated heterocycles. The Labute approximate surface area is 113 Å². The van der Waals surface area contributed by atoms with Crippen LogP contribution in [0.25, 0.3) is 0 Å². The second-order valence-corrected chi connectivity index (χ2v) is 7.82. The number of sulfonamides is 1. The molecule has 0 spiro atoms. The minimum absolute atomic E-state index is 0.146. The van der Waals surface area contributed by atoms with E-state index in [-0.39, 0.29) is 10.8 Å². The van der Waals surface area contributed by atoms with Gasteiger partial charge in [-0.3, -0.25) is 0 Å². The molecule has 0 unspecified atom stereocenters. The van der Waals surface area contributed by atoms with Gasteiger partial charge in [0.25, 0.3) is 0 Å². The molecule has 2 aromatic heterocycles. The Morgan fingerprint density at radius 3 is 2.78 bits per heavy atom. The third-order valence-electron chi connectivity index (χ3n) is 2.04. The van der Waals surface area contributed by atoms with Gasteiger partial charge in [-0.1, -0.05) is 0 Å². The van der Waals surface area contributed by atoms with Crippen LogP contribution in [0.2, 0.25) is 0 Å². The summed E-state index contributed by atoms with van der Waals surface area (Å²) < 4.78 is 26.4. The lowest BCUT2D eigenvalue weighted by Gasteiger charge is -2.01. The highest BCUT2D eigenvalue weighted by Crippen LogP contribution is 2.21. The molecule has 2 aromatic rings. The summed E-state index contributed by atoms with van der Waals surface area (Å²) in [6.07, 6.45) is 1.70. The van der Waals surface area contributed by atoms with Crippen molar-refractivity contribution in [2.75, 3.05) is 0 Å². The summed E-state index contributed by atoms with van der Waals surface area (Å²) in [6.45, 7) is 2.08. The van der Waals surface area contributed by atoms with Crippen molar-refractivity contribution >= 4 is 32.7 Å². The van der Waals surface area contributed by atoms with E-state index in [0.717, 1.165) is 16.2 Å². The molecule has 1 N–H and O–H groups in total. The molecule has 2 heterocycles. The molecule has 0 aliphatic heterocycles. The third kappa shape index (κ3) is 2.94. The van der Waals surface area contributed by atoms with Crippen LogP contribution in [0.4, 0.5) is 0 Å². The quantitative estimate of drug-likeness (QED) is 0.934. The Kier molecular flexibility index (Phi) is 3.77. The summed E-state index contributed by atoms with van der Waals surface area (Å²) >= 11 is 2.40. The van der Waals surface area contributed by atoms with Crippen molar-refractivity contribution in [3.8, 4) is 6.07 Å². The molecule has 18 heavy (non-hydrogen) atoms. The van der Waals surface area contributed by atoms with Crippen LogP contribution in [0, 0.1) is 18.3 Å². The predicted octanol–water partition coefficient (Wildman–Crippen LogP) is 1.86. The van der Waals surface area contributed by atoms with Crippen LogP contribution in [-0.4, -0.2) is 13.4 Å². The molecule has 0 fully saturated rings. The molecule has 0 atom stereocenters. The van der Waals surface area contributed by atoms with Crippen LogP contribution < -0.4 is 4.72 Å². The average molecular weight is 299 g/mol. The van der Waals surface area contributed by atoms with Gasteiger partial charge in [0.1, 0.15) is 20.2 Å². The number of rotatable bonds is 4. The number of aryl methyl sites for hydroxylation is 1. The molecule has 94 valence electrons. The molecule has 0 saturated carbocycles. The lowest BCUT2D eigenvalue weighted by Crippen LogP contribution is -2.22. The number of aromatic nitrogens is 1. The zero-order valence-electron chi connectivity index (χ0n) is 9.37. The lowest BCUT2D eigenvalue weighted by atomic mass is 10.5. The summed E-state index contributed by atoms with van der Waals surface area (Å²) in [5, 5.41) is 9.38. The standard InChI is InChI=1S/C10H9N3O2S3/c1-7-5-12-9(16-7)6-13-18(14,15)10-3-2-8(4-11)17-10/h2-3,5,13H,6H2,1H3. The van der Waals surface area contributed by atoms with Gasteiger partial charge in [-0.2, -0.15) is 5.26 Å². The number of nitrogens with zero attached hydrogens (tertiary/aromatic N) is 2. The zero-order chi connectivity index (χ0) is 13.2. The number of thiophene rings is 1. The largest absolute Gasteiger partial charge is 0.250 e. The van der Waals surface area contributed by atoms with Crippen molar-refractivity contribution in [2.24, 2.45) is 0 Å². The van der Waals surface area contributed by atoms with Crippen molar-refractivity contribution in [2.45, 2.75) is 17.7 Å². The van der Waals surface area contributed by atoms with Crippen LogP contribution in [0.5, 0.6) is 0 Å². The number of nitriles is 1. The zero-order valence-corrected chi connectivity index (χ0v) is 11.8. The molecule has 2 rings (SSSR count). The fraction of sp³-hybridized carbons (Fsp3) is 0.200. The van der Waals surface area contributed by atoms with Gasteiger partial charge in [-0.15, -0.1) is 22.7 Å². The van der Waals surface area contributed by atoms with Crippen LogP contribution >= 0.6 is 22.7 Å². The summed E-state index contributed by atoms with van der Waals surface area (Å²) in [4.78, 5) is 5.49. The van der Waals surface area contributed by atoms with Gasteiger partial charge in [0.05, 0.1) is 6.54 Å². The molecule has 0 amide bonds. The number of hydrogen-bond donors (Lipinski definition) is 1. The second kappa shape index (κ2) is 5.16. The molecule has 0 aliphatic rings. The number of hydrogen-bond acceptors (Lipinski definition) is 6. The molecule has 0 aliphatic carbocycles.